The minimum absolute atomic E-state index is 0.847. The normalized spacial score (nSPS) is 14.2. The summed E-state index contributed by atoms with van der Waals surface area (Å²) in [4.78, 5) is 4.54. The Labute approximate surface area is 121 Å². The predicted molar refractivity (Wildman–Crippen MR) is 78.7 cm³/mol. The van der Waals surface area contributed by atoms with E-state index in [1.54, 1.807) is 7.11 Å². The van der Waals surface area contributed by atoms with E-state index >= 15 is 0 Å². The number of nitrogens with zero attached hydrogens (tertiary/aromatic N) is 2. The third-order valence-corrected chi connectivity index (χ3v) is 4.48. The van der Waals surface area contributed by atoms with Crippen LogP contribution in [0.3, 0.4) is 0 Å². The number of methoxy groups -OCH3 is 1. The standard InChI is InChI=1S/C15H17BrN2O/c1-19-12-6-7-13(16)11(8-12)9-18-10-17-14-4-2-3-5-15(14)18/h6-8,10H,2-5,9H2,1H3. The molecule has 1 aliphatic carbocycles. The molecule has 0 N–H and O–H groups in total. The van der Waals surface area contributed by atoms with Gasteiger partial charge >= 0.3 is 0 Å². The minimum Gasteiger partial charge on any atom is -0.497 e. The highest BCUT2D eigenvalue weighted by Crippen LogP contribution is 2.26. The van der Waals surface area contributed by atoms with E-state index in [1.165, 1.54) is 29.8 Å². The molecule has 3 nitrogen and oxygen atoms in total. The smallest absolute Gasteiger partial charge is 0.119 e. The first-order chi connectivity index (χ1) is 9.28. The fraction of sp³-hybridized carbons (Fsp3) is 0.400. The number of aromatic nitrogens is 2. The summed E-state index contributed by atoms with van der Waals surface area (Å²) >= 11 is 3.61. The number of ether oxygens (including phenoxy) is 1. The third-order valence-electron chi connectivity index (χ3n) is 3.70. The number of imidazole rings is 1. The summed E-state index contributed by atoms with van der Waals surface area (Å²) in [5.41, 5.74) is 3.91. The van der Waals surface area contributed by atoms with Gasteiger partial charge in [0, 0.05) is 10.2 Å². The van der Waals surface area contributed by atoms with Crippen LogP contribution in [0.1, 0.15) is 29.8 Å². The van der Waals surface area contributed by atoms with E-state index in [1.807, 2.05) is 18.5 Å². The number of aryl methyl sites for hydroxylation is 1. The van der Waals surface area contributed by atoms with Crippen molar-refractivity contribution in [3.05, 3.63) is 46.0 Å². The van der Waals surface area contributed by atoms with E-state index < -0.39 is 0 Å². The molecule has 0 radical (unpaired) electrons. The monoisotopic (exact) mass is 320 g/mol. The molecule has 1 heterocycles. The summed E-state index contributed by atoms with van der Waals surface area (Å²) in [6.45, 7) is 0.847. The van der Waals surface area contributed by atoms with Crippen molar-refractivity contribution in [2.45, 2.75) is 32.2 Å². The maximum Gasteiger partial charge on any atom is 0.119 e. The van der Waals surface area contributed by atoms with Gasteiger partial charge in [0.05, 0.1) is 25.7 Å². The number of halogens is 1. The number of fused-ring (bicyclic) bond motifs is 1. The van der Waals surface area contributed by atoms with Crippen molar-refractivity contribution >= 4 is 15.9 Å². The van der Waals surface area contributed by atoms with Gasteiger partial charge in [0.25, 0.3) is 0 Å². The first kappa shape index (κ1) is 12.7. The molecule has 0 unspecified atom stereocenters. The van der Waals surface area contributed by atoms with Gasteiger partial charge in [0.1, 0.15) is 5.75 Å². The van der Waals surface area contributed by atoms with Gasteiger partial charge in [-0.05, 0) is 49.4 Å². The van der Waals surface area contributed by atoms with Crippen molar-refractivity contribution in [1.82, 2.24) is 9.55 Å². The maximum atomic E-state index is 5.30. The molecular weight excluding hydrogens is 304 g/mol. The molecule has 0 saturated carbocycles. The number of rotatable bonds is 3. The van der Waals surface area contributed by atoms with Crippen molar-refractivity contribution in [2.75, 3.05) is 7.11 Å². The highest BCUT2D eigenvalue weighted by molar-refractivity contribution is 9.10. The molecule has 19 heavy (non-hydrogen) atoms. The second kappa shape index (κ2) is 5.37. The van der Waals surface area contributed by atoms with Gasteiger partial charge in [-0.15, -0.1) is 0 Å². The van der Waals surface area contributed by atoms with Gasteiger partial charge in [-0.2, -0.15) is 0 Å². The number of benzene rings is 1. The zero-order valence-corrected chi connectivity index (χ0v) is 12.6. The molecule has 0 amide bonds. The van der Waals surface area contributed by atoms with Crippen LogP contribution in [0.25, 0.3) is 0 Å². The fourth-order valence-corrected chi connectivity index (χ4v) is 3.02. The second-order valence-corrected chi connectivity index (χ2v) is 5.78. The van der Waals surface area contributed by atoms with Crippen molar-refractivity contribution < 1.29 is 4.74 Å². The predicted octanol–water partition coefficient (Wildman–Crippen LogP) is 3.58. The van der Waals surface area contributed by atoms with E-state index in [-0.39, 0.29) is 0 Å². The Morgan fingerprint density at radius 3 is 3.00 bits per heavy atom. The largest absolute Gasteiger partial charge is 0.497 e. The van der Waals surface area contributed by atoms with Crippen molar-refractivity contribution in [3.63, 3.8) is 0 Å². The van der Waals surface area contributed by atoms with Gasteiger partial charge in [0.2, 0.25) is 0 Å². The Balaban J connectivity index is 1.91. The number of hydrogen-bond donors (Lipinski definition) is 0. The SMILES string of the molecule is COc1ccc(Br)c(Cn2cnc3c2CCCC3)c1. The molecule has 0 spiro atoms. The average molecular weight is 321 g/mol. The Morgan fingerprint density at radius 1 is 1.32 bits per heavy atom. The van der Waals surface area contributed by atoms with Crippen LogP contribution < -0.4 is 4.74 Å². The van der Waals surface area contributed by atoms with E-state index in [0.29, 0.717) is 0 Å². The molecule has 2 aromatic rings. The Kier molecular flexibility index (Phi) is 3.60. The van der Waals surface area contributed by atoms with Gasteiger partial charge in [-0.25, -0.2) is 4.98 Å². The molecule has 1 aromatic heterocycles. The van der Waals surface area contributed by atoms with Crippen LogP contribution in [0, 0.1) is 0 Å². The fourth-order valence-electron chi connectivity index (χ4n) is 2.65. The Bertz CT molecular complexity index is 592. The zero-order chi connectivity index (χ0) is 13.2. The zero-order valence-electron chi connectivity index (χ0n) is 11.0. The van der Waals surface area contributed by atoms with E-state index in [2.05, 4.69) is 31.5 Å². The summed E-state index contributed by atoms with van der Waals surface area (Å²) in [6.07, 6.45) is 6.80. The maximum absolute atomic E-state index is 5.30. The van der Waals surface area contributed by atoms with Crippen LogP contribution in [0.5, 0.6) is 5.75 Å². The first-order valence-corrected chi connectivity index (χ1v) is 7.42. The molecule has 100 valence electrons. The quantitative estimate of drug-likeness (QED) is 0.864. The lowest BCUT2D eigenvalue weighted by Gasteiger charge is -2.15. The minimum atomic E-state index is 0.847. The van der Waals surface area contributed by atoms with Crippen molar-refractivity contribution in [2.24, 2.45) is 0 Å². The summed E-state index contributed by atoms with van der Waals surface area (Å²) < 4.78 is 8.68. The first-order valence-electron chi connectivity index (χ1n) is 6.63. The van der Waals surface area contributed by atoms with Crippen molar-refractivity contribution in [1.29, 1.82) is 0 Å². The summed E-state index contributed by atoms with van der Waals surface area (Å²) in [7, 11) is 1.70. The van der Waals surface area contributed by atoms with Crippen LogP contribution in [-0.2, 0) is 19.4 Å². The van der Waals surface area contributed by atoms with Crippen LogP contribution in [0.4, 0.5) is 0 Å². The van der Waals surface area contributed by atoms with Crippen LogP contribution >= 0.6 is 15.9 Å². The molecule has 3 rings (SSSR count). The highest BCUT2D eigenvalue weighted by Gasteiger charge is 2.15. The van der Waals surface area contributed by atoms with Crippen molar-refractivity contribution in [3.8, 4) is 5.75 Å². The molecular formula is C15H17BrN2O. The molecule has 0 fully saturated rings. The molecule has 1 aliphatic rings. The van der Waals surface area contributed by atoms with Gasteiger partial charge in [-0.1, -0.05) is 15.9 Å². The van der Waals surface area contributed by atoms with Gasteiger partial charge < -0.3 is 9.30 Å². The summed E-state index contributed by atoms with van der Waals surface area (Å²) in [5.74, 6) is 0.896. The average Bonchev–Trinajstić information content (AvgIpc) is 2.85. The molecule has 4 heteroatoms. The van der Waals surface area contributed by atoms with E-state index in [4.69, 9.17) is 4.74 Å². The van der Waals surface area contributed by atoms with Gasteiger partial charge in [0.15, 0.2) is 0 Å². The highest BCUT2D eigenvalue weighted by atomic mass is 79.9. The molecule has 0 saturated heterocycles. The lowest BCUT2D eigenvalue weighted by Crippen LogP contribution is -2.09. The third kappa shape index (κ3) is 2.54. The van der Waals surface area contributed by atoms with Gasteiger partial charge in [-0.3, -0.25) is 0 Å². The summed E-state index contributed by atoms with van der Waals surface area (Å²) in [6, 6.07) is 6.09. The lowest BCUT2D eigenvalue weighted by atomic mass is 10.0. The molecule has 0 bridgehead atoms. The summed E-state index contributed by atoms with van der Waals surface area (Å²) in [5, 5.41) is 0. The Hall–Kier alpha value is -1.29. The molecule has 0 aliphatic heterocycles. The number of hydrogen-bond acceptors (Lipinski definition) is 2. The lowest BCUT2D eigenvalue weighted by molar-refractivity contribution is 0.414. The molecule has 0 atom stereocenters. The van der Waals surface area contributed by atoms with Crippen LogP contribution in [0.2, 0.25) is 0 Å². The van der Waals surface area contributed by atoms with Crippen LogP contribution in [-0.4, -0.2) is 16.7 Å². The van der Waals surface area contributed by atoms with E-state index in [0.717, 1.165) is 29.6 Å². The van der Waals surface area contributed by atoms with E-state index in [9.17, 15) is 0 Å². The Morgan fingerprint density at radius 2 is 2.16 bits per heavy atom. The molecule has 1 aromatic carbocycles. The topological polar surface area (TPSA) is 27.1 Å². The second-order valence-electron chi connectivity index (χ2n) is 4.93. The van der Waals surface area contributed by atoms with Crippen LogP contribution in [0.15, 0.2) is 29.0 Å².